The number of thioether (sulfide) groups is 1. The first-order valence-electron chi connectivity index (χ1n) is 8.50. The summed E-state index contributed by atoms with van der Waals surface area (Å²) in [7, 11) is 1.87. The molecule has 2 rings (SSSR count). The van der Waals surface area contributed by atoms with Crippen LogP contribution in [0.15, 0.2) is 29.4 Å². The van der Waals surface area contributed by atoms with E-state index in [9.17, 15) is 4.79 Å². The summed E-state index contributed by atoms with van der Waals surface area (Å²) in [6, 6.07) is 7.50. The minimum Gasteiger partial charge on any atom is -0.486 e. The molecule has 0 N–H and O–H groups in total. The lowest BCUT2D eigenvalue weighted by Crippen LogP contribution is -2.43. The van der Waals surface area contributed by atoms with E-state index >= 15 is 0 Å². The topological polar surface area (TPSA) is 60.3 Å². The number of hydrogen-bond acceptors (Lipinski definition) is 5. The first kappa shape index (κ1) is 20.6. The third-order valence-corrected chi connectivity index (χ3v) is 5.09. The van der Waals surface area contributed by atoms with E-state index in [0.717, 1.165) is 0 Å². The largest absolute Gasteiger partial charge is 0.486 e. The van der Waals surface area contributed by atoms with Gasteiger partial charge >= 0.3 is 0 Å². The third kappa shape index (κ3) is 5.38. The van der Waals surface area contributed by atoms with Crippen molar-refractivity contribution in [2.45, 2.75) is 51.5 Å². The van der Waals surface area contributed by atoms with Gasteiger partial charge in [-0.15, -0.1) is 10.2 Å². The van der Waals surface area contributed by atoms with Gasteiger partial charge in [0.1, 0.15) is 12.4 Å². The van der Waals surface area contributed by atoms with Crippen molar-refractivity contribution < 1.29 is 9.53 Å². The molecular weight excluding hydrogens is 372 g/mol. The molecule has 0 atom stereocenters. The summed E-state index contributed by atoms with van der Waals surface area (Å²) in [6.45, 7) is 8.39. The summed E-state index contributed by atoms with van der Waals surface area (Å²) >= 11 is 7.25. The zero-order chi connectivity index (χ0) is 19.3. The summed E-state index contributed by atoms with van der Waals surface area (Å²) in [5.41, 5.74) is 0. The summed E-state index contributed by atoms with van der Waals surface area (Å²) < 4.78 is 7.55. The van der Waals surface area contributed by atoms with Crippen LogP contribution in [0.5, 0.6) is 5.75 Å². The van der Waals surface area contributed by atoms with Gasteiger partial charge in [0.25, 0.3) is 0 Å². The van der Waals surface area contributed by atoms with Crippen molar-refractivity contribution in [3.05, 3.63) is 35.1 Å². The average Bonchev–Trinajstić information content (AvgIpc) is 2.92. The number of rotatable bonds is 8. The monoisotopic (exact) mass is 396 g/mol. The molecule has 1 amide bonds. The zero-order valence-electron chi connectivity index (χ0n) is 15.8. The fourth-order valence-electron chi connectivity index (χ4n) is 2.65. The molecule has 0 aliphatic rings. The highest BCUT2D eigenvalue weighted by Crippen LogP contribution is 2.20. The van der Waals surface area contributed by atoms with Gasteiger partial charge in [0.15, 0.2) is 11.0 Å². The Morgan fingerprint density at radius 1 is 1.19 bits per heavy atom. The molecule has 142 valence electrons. The molecule has 1 heterocycles. The van der Waals surface area contributed by atoms with E-state index in [1.807, 2.05) is 44.2 Å². The molecule has 2 aromatic rings. The maximum absolute atomic E-state index is 12.5. The third-order valence-electron chi connectivity index (χ3n) is 3.83. The second-order valence-corrected chi connectivity index (χ2v) is 7.86. The molecule has 1 aromatic heterocycles. The lowest BCUT2D eigenvalue weighted by molar-refractivity contribution is -0.131. The Bertz CT molecular complexity index is 723. The first-order chi connectivity index (χ1) is 12.3. The Labute approximate surface area is 163 Å². The molecule has 8 heteroatoms. The number of carbonyl (C=O) groups is 1. The van der Waals surface area contributed by atoms with Crippen LogP contribution < -0.4 is 4.74 Å². The molecule has 0 spiro atoms. The molecule has 0 aliphatic carbocycles. The van der Waals surface area contributed by atoms with Crippen LogP contribution in [0.25, 0.3) is 0 Å². The highest BCUT2D eigenvalue weighted by Gasteiger charge is 2.21. The van der Waals surface area contributed by atoms with Gasteiger partial charge < -0.3 is 14.2 Å². The molecule has 0 bridgehead atoms. The fourth-order valence-corrected chi connectivity index (χ4v) is 3.57. The Hall–Kier alpha value is -1.73. The lowest BCUT2D eigenvalue weighted by Gasteiger charge is -2.30. The van der Waals surface area contributed by atoms with Crippen LogP contribution in [0.3, 0.4) is 0 Å². The molecule has 0 aliphatic heterocycles. The van der Waals surface area contributed by atoms with E-state index in [2.05, 4.69) is 10.2 Å². The molecule has 1 aromatic carbocycles. The first-order valence-corrected chi connectivity index (χ1v) is 9.86. The van der Waals surface area contributed by atoms with Crippen molar-refractivity contribution in [3.8, 4) is 5.75 Å². The van der Waals surface area contributed by atoms with Crippen molar-refractivity contribution in [2.75, 3.05) is 5.75 Å². The highest BCUT2D eigenvalue weighted by atomic mass is 35.5. The van der Waals surface area contributed by atoms with Gasteiger partial charge in [-0.25, -0.2) is 0 Å². The number of aromatic nitrogens is 3. The normalized spacial score (nSPS) is 11.2. The predicted octanol–water partition coefficient (Wildman–Crippen LogP) is 3.79. The van der Waals surface area contributed by atoms with Crippen molar-refractivity contribution in [3.63, 3.8) is 0 Å². The summed E-state index contributed by atoms with van der Waals surface area (Å²) in [4.78, 5) is 14.4. The summed E-state index contributed by atoms with van der Waals surface area (Å²) in [5, 5.41) is 9.68. The van der Waals surface area contributed by atoms with Gasteiger partial charge in [0, 0.05) is 24.2 Å². The molecule has 0 radical (unpaired) electrons. The fraction of sp³-hybridized carbons (Fsp3) is 0.500. The molecule has 6 nitrogen and oxygen atoms in total. The maximum atomic E-state index is 12.5. The molecule has 0 fully saturated rings. The van der Waals surface area contributed by atoms with Gasteiger partial charge in [0.05, 0.1) is 5.75 Å². The van der Waals surface area contributed by atoms with Crippen LogP contribution in [0.1, 0.15) is 33.5 Å². The Morgan fingerprint density at radius 2 is 1.81 bits per heavy atom. The molecule has 0 saturated heterocycles. The van der Waals surface area contributed by atoms with Gasteiger partial charge in [-0.3, -0.25) is 4.79 Å². The molecule has 0 saturated carbocycles. The number of amides is 1. The van der Waals surface area contributed by atoms with Gasteiger partial charge in [-0.05, 0) is 52.0 Å². The van der Waals surface area contributed by atoms with Crippen LogP contribution in [0, 0.1) is 0 Å². The minimum atomic E-state index is 0.0990. The van der Waals surface area contributed by atoms with Crippen LogP contribution in [0.2, 0.25) is 5.02 Å². The predicted molar refractivity (Wildman–Crippen MR) is 105 cm³/mol. The second kappa shape index (κ2) is 9.28. The molecule has 0 unspecified atom stereocenters. The smallest absolute Gasteiger partial charge is 0.233 e. The highest BCUT2D eigenvalue weighted by molar-refractivity contribution is 7.99. The van der Waals surface area contributed by atoms with Gasteiger partial charge in [-0.2, -0.15) is 0 Å². The van der Waals surface area contributed by atoms with E-state index in [1.54, 1.807) is 24.3 Å². The van der Waals surface area contributed by atoms with Crippen LogP contribution >= 0.6 is 23.4 Å². The maximum Gasteiger partial charge on any atom is 0.233 e. The second-order valence-electron chi connectivity index (χ2n) is 6.48. The Morgan fingerprint density at radius 3 is 2.38 bits per heavy atom. The lowest BCUT2D eigenvalue weighted by atomic mass is 10.2. The van der Waals surface area contributed by atoms with Crippen LogP contribution in [-0.2, 0) is 18.4 Å². The zero-order valence-corrected chi connectivity index (χ0v) is 17.3. The standard InChI is InChI=1S/C18H25ClN4O2S/c1-12(2)23(13(3)4)17(24)11-26-18-21-20-16(22(18)5)10-25-15-8-6-14(19)7-9-15/h6-9,12-13H,10-11H2,1-5H3. The summed E-state index contributed by atoms with van der Waals surface area (Å²) in [5.74, 6) is 1.84. The van der Waals surface area contributed by atoms with Crippen LogP contribution in [0.4, 0.5) is 0 Å². The van der Waals surface area contributed by atoms with Gasteiger partial charge in [-0.1, -0.05) is 23.4 Å². The van der Waals surface area contributed by atoms with Crippen molar-refractivity contribution in [2.24, 2.45) is 7.05 Å². The molecule has 26 heavy (non-hydrogen) atoms. The number of nitrogens with zero attached hydrogens (tertiary/aromatic N) is 4. The van der Waals surface area contributed by atoms with E-state index in [0.29, 0.717) is 34.1 Å². The quantitative estimate of drug-likeness (QED) is 0.635. The van der Waals surface area contributed by atoms with Crippen molar-refractivity contribution in [1.29, 1.82) is 0 Å². The van der Waals surface area contributed by atoms with Crippen LogP contribution in [-0.4, -0.2) is 43.4 Å². The Kier molecular flexibility index (Phi) is 7.34. The number of carbonyl (C=O) groups excluding carboxylic acids is 1. The van der Waals surface area contributed by atoms with Crippen molar-refractivity contribution >= 4 is 29.3 Å². The molecular formula is C18H25ClN4O2S. The van der Waals surface area contributed by atoms with E-state index in [1.165, 1.54) is 11.8 Å². The van der Waals surface area contributed by atoms with E-state index in [-0.39, 0.29) is 18.0 Å². The van der Waals surface area contributed by atoms with Gasteiger partial charge in [0.2, 0.25) is 5.91 Å². The number of halogens is 1. The van der Waals surface area contributed by atoms with Crippen molar-refractivity contribution in [1.82, 2.24) is 19.7 Å². The number of benzene rings is 1. The Balaban J connectivity index is 1.93. The van der Waals surface area contributed by atoms with E-state index < -0.39 is 0 Å². The number of hydrogen-bond donors (Lipinski definition) is 0. The average molecular weight is 397 g/mol. The SMILES string of the molecule is CC(C)N(C(=O)CSc1nnc(COc2ccc(Cl)cc2)n1C)C(C)C. The van der Waals surface area contributed by atoms with E-state index in [4.69, 9.17) is 16.3 Å². The minimum absolute atomic E-state index is 0.0990. The summed E-state index contributed by atoms with van der Waals surface area (Å²) in [6.07, 6.45) is 0. The number of ether oxygens (including phenoxy) is 1.